The van der Waals surface area contributed by atoms with Crippen LogP contribution in [-0.4, -0.2) is 46.8 Å². The Kier molecular flexibility index (Phi) is 8.16. The average molecular weight is 635 g/mol. The molecule has 0 radical (unpaired) electrons. The topological polar surface area (TPSA) is 64.7 Å². The number of fused-ring (bicyclic) bond motifs is 10. The third-order valence-corrected chi connectivity index (χ3v) is 13.9. The number of benzene rings is 2. The second kappa shape index (κ2) is 12.6. The number of rotatable bonds is 10. The highest BCUT2D eigenvalue weighted by atomic mass is 16.2. The summed E-state index contributed by atoms with van der Waals surface area (Å²) in [5, 5.41) is 6.70. The summed E-state index contributed by atoms with van der Waals surface area (Å²) in [7, 11) is 0. The van der Waals surface area contributed by atoms with E-state index < -0.39 is 0 Å². The zero-order valence-corrected chi connectivity index (χ0v) is 28.1. The maximum absolute atomic E-state index is 13.1. The molecule has 9 rings (SSSR count). The molecule has 0 aromatic heterocycles. The Labute approximate surface area is 281 Å². The van der Waals surface area contributed by atoms with E-state index in [9.17, 15) is 9.59 Å². The maximum atomic E-state index is 13.1. The molecule has 6 unspecified atom stereocenters. The highest BCUT2D eigenvalue weighted by Gasteiger charge is 2.49. The lowest BCUT2D eigenvalue weighted by molar-refractivity contribution is -0.128. The lowest BCUT2D eigenvalue weighted by Crippen LogP contribution is -2.41. The largest absolute Gasteiger partial charge is 0.353 e. The fourth-order valence-corrected chi connectivity index (χ4v) is 11.2. The number of hydrogen-bond acceptors (Lipinski definition) is 4. The van der Waals surface area contributed by atoms with E-state index in [1.807, 2.05) is 0 Å². The van der Waals surface area contributed by atoms with Gasteiger partial charge in [-0.3, -0.25) is 19.4 Å². The number of carbonyl (C=O) groups is 2. The summed E-state index contributed by atoms with van der Waals surface area (Å²) in [5.41, 5.74) is 6.32. The van der Waals surface area contributed by atoms with Crippen LogP contribution in [0.25, 0.3) is 0 Å². The van der Waals surface area contributed by atoms with E-state index in [4.69, 9.17) is 0 Å². The lowest BCUT2D eigenvalue weighted by atomic mass is 9.83. The molecule has 0 spiro atoms. The van der Waals surface area contributed by atoms with Gasteiger partial charge in [-0.2, -0.15) is 0 Å². The molecule has 250 valence electrons. The Balaban J connectivity index is 0.659. The van der Waals surface area contributed by atoms with Crippen molar-refractivity contribution < 1.29 is 9.59 Å². The molecule has 6 heteroatoms. The lowest BCUT2D eigenvalue weighted by Gasteiger charge is -2.31. The van der Waals surface area contributed by atoms with Gasteiger partial charge in [0, 0.05) is 36.3 Å². The molecule has 6 nitrogen and oxygen atoms in total. The SMILES string of the molecule is O=C(NC1CCC(CCN2C3CCC2c2ccccc23)CC1)C1CC1C(=O)NC1CCC(CCN2C3CCC2c2ccccc23)CC1. The van der Waals surface area contributed by atoms with Gasteiger partial charge in [0.05, 0.1) is 11.8 Å². The van der Waals surface area contributed by atoms with Crippen molar-refractivity contribution in [2.45, 2.75) is 133 Å². The smallest absolute Gasteiger partial charge is 0.224 e. The van der Waals surface area contributed by atoms with Gasteiger partial charge in [-0.1, -0.05) is 48.5 Å². The fourth-order valence-electron chi connectivity index (χ4n) is 11.2. The molecule has 5 fully saturated rings. The first-order valence-electron chi connectivity index (χ1n) is 19.4. The average Bonchev–Trinajstić information content (AvgIpc) is 3.36. The molecule has 7 aliphatic rings. The number of nitrogens with zero attached hydrogens (tertiary/aromatic N) is 2. The van der Waals surface area contributed by atoms with Crippen molar-refractivity contribution in [3.05, 3.63) is 70.8 Å². The van der Waals surface area contributed by atoms with Gasteiger partial charge >= 0.3 is 0 Å². The monoisotopic (exact) mass is 634 g/mol. The van der Waals surface area contributed by atoms with Gasteiger partial charge in [-0.25, -0.2) is 0 Å². The molecule has 2 aromatic carbocycles. The molecule has 6 atom stereocenters. The maximum Gasteiger partial charge on any atom is 0.224 e. The minimum atomic E-state index is -0.115. The Morgan fingerprint density at radius 1 is 0.511 bits per heavy atom. The summed E-state index contributed by atoms with van der Waals surface area (Å²) < 4.78 is 0. The minimum Gasteiger partial charge on any atom is -0.353 e. The summed E-state index contributed by atoms with van der Waals surface area (Å²) in [5.74, 6) is 1.57. The Morgan fingerprint density at radius 2 is 0.851 bits per heavy atom. The number of carbonyl (C=O) groups excluding carboxylic acids is 2. The molecule has 4 heterocycles. The van der Waals surface area contributed by atoms with E-state index in [0.29, 0.717) is 24.2 Å². The highest BCUT2D eigenvalue weighted by molar-refractivity contribution is 5.92. The number of nitrogens with one attached hydrogen (secondary N) is 2. The molecule has 4 aliphatic heterocycles. The van der Waals surface area contributed by atoms with Crippen molar-refractivity contribution in [1.29, 1.82) is 0 Å². The van der Waals surface area contributed by atoms with Crippen LogP contribution in [0, 0.1) is 23.7 Å². The van der Waals surface area contributed by atoms with Crippen LogP contribution in [0.1, 0.15) is 143 Å². The summed E-state index contributed by atoms with van der Waals surface area (Å²) in [6.07, 6.45) is 17.8. The van der Waals surface area contributed by atoms with Crippen molar-refractivity contribution in [3.8, 4) is 0 Å². The van der Waals surface area contributed by atoms with E-state index >= 15 is 0 Å². The highest BCUT2D eigenvalue weighted by Crippen LogP contribution is 2.54. The van der Waals surface area contributed by atoms with Crippen molar-refractivity contribution in [3.63, 3.8) is 0 Å². The predicted molar refractivity (Wildman–Crippen MR) is 184 cm³/mol. The first-order valence-corrected chi connectivity index (χ1v) is 19.4. The first kappa shape index (κ1) is 30.4. The van der Waals surface area contributed by atoms with Gasteiger partial charge in [0.2, 0.25) is 11.8 Å². The van der Waals surface area contributed by atoms with Crippen LogP contribution in [0.2, 0.25) is 0 Å². The molecular weight excluding hydrogens is 580 g/mol. The standard InChI is InChI=1S/C41H54N4O2/c46-40(42-28-13-9-26(10-14-28)21-23-44-36-17-18-37(44)31-6-2-1-5-30(31)36)34-25-35(34)41(47)43-29-15-11-27(12-16-29)22-24-45-38-19-20-39(45)33-8-4-3-7-32(33)38/h1-8,26-29,34-39H,9-25H2,(H,42,46)(H,43,47). The molecule has 3 saturated carbocycles. The van der Waals surface area contributed by atoms with Gasteiger partial charge < -0.3 is 10.6 Å². The van der Waals surface area contributed by atoms with Gasteiger partial charge in [0.25, 0.3) is 0 Å². The quantitative estimate of drug-likeness (QED) is 0.284. The van der Waals surface area contributed by atoms with Gasteiger partial charge in [0.15, 0.2) is 0 Å². The van der Waals surface area contributed by atoms with Crippen molar-refractivity contribution in [1.82, 2.24) is 20.4 Å². The molecular formula is C41H54N4O2. The molecule has 3 aliphatic carbocycles. The van der Waals surface area contributed by atoms with Crippen molar-refractivity contribution in [2.24, 2.45) is 23.7 Å². The minimum absolute atomic E-state index is 0.115. The normalized spacial score (nSPS) is 37.0. The summed E-state index contributed by atoms with van der Waals surface area (Å²) in [6, 6.07) is 21.3. The molecule has 2 saturated heterocycles. The van der Waals surface area contributed by atoms with Crippen molar-refractivity contribution in [2.75, 3.05) is 13.1 Å². The zero-order chi connectivity index (χ0) is 31.5. The van der Waals surface area contributed by atoms with Gasteiger partial charge in [-0.15, -0.1) is 0 Å². The molecule has 2 aromatic rings. The van der Waals surface area contributed by atoms with Crippen LogP contribution in [-0.2, 0) is 9.59 Å². The van der Waals surface area contributed by atoms with Crippen LogP contribution in [0.3, 0.4) is 0 Å². The van der Waals surface area contributed by atoms with E-state index in [2.05, 4.69) is 69.0 Å². The van der Waals surface area contributed by atoms with Gasteiger partial charge in [-0.05, 0) is 143 Å². The van der Waals surface area contributed by atoms with Crippen LogP contribution < -0.4 is 10.6 Å². The summed E-state index contributed by atoms with van der Waals surface area (Å²) >= 11 is 0. The van der Waals surface area contributed by atoms with Gasteiger partial charge in [0.1, 0.15) is 0 Å². The third-order valence-electron chi connectivity index (χ3n) is 13.9. The molecule has 4 bridgehead atoms. The molecule has 2 N–H and O–H groups in total. The van der Waals surface area contributed by atoms with Crippen LogP contribution in [0.5, 0.6) is 0 Å². The summed E-state index contributed by atoms with van der Waals surface area (Å²) in [4.78, 5) is 31.7. The number of amides is 2. The van der Waals surface area contributed by atoms with E-state index in [-0.39, 0.29) is 35.7 Å². The van der Waals surface area contributed by atoms with Crippen molar-refractivity contribution >= 4 is 11.8 Å². The third kappa shape index (κ3) is 5.75. The molecule has 47 heavy (non-hydrogen) atoms. The second-order valence-electron chi connectivity index (χ2n) is 16.4. The Hall–Kier alpha value is -2.70. The zero-order valence-electron chi connectivity index (χ0n) is 28.1. The fraction of sp³-hybridized carbons (Fsp3) is 0.659. The van der Waals surface area contributed by atoms with Crippen LogP contribution in [0.15, 0.2) is 48.5 Å². The predicted octanol–water partition coefficient (Wildman–Crippen LogP) is 7.54. The van der Waals surface area contributed by atoms with E-state index in [1.54, 1.807) is 22.3 Å². The Morgan fingerprint density at radius 3 is 1.19 bits per heavy atom. The first-order chi connectivity index (χ1) is 23.1. The van der Waals surface area contributed by atoms with Crippen LogP contribution >= 0.6 is 0 Å². The molecule has 2 amide bonds. The summed E-state index contributed by atoms with van der Waals surface area (Å²) in [6.45, 7) is 2.42. The van der Waals surface area contributed by atoms with E-state index in [1.165, 1.54) is 77.3 Å². The Bertz CT molecular complexity index is 1300. The van der Waals surface area contributed by atoms with E-state index in [0.717, 1.165) is 43.9 Å². The number of hydrogen-bond donors (Lipinski definition) is 2. The van der Waals surface area contributed by atoms with Crippen LogP contribution in [0.4, 0.5) is 0 Å². The second-order valence-corrected chi connectivity index (χ2v) is 16.4.